The van der Waals surface area contributed by atoms with Crippen LogP contribution in [0.5, 0.6) is 0 Å². The minimum atomic E-state index is 0.452. The number of benzene rings is 1. The van der Waals surface area contributed by atoms with Gasteiger partial charge in [0, 0.05) is 19.6 Å². The van der Waals surface area contributed by atoms with Crippen molar-refractivity contribution in [3.8, 4) is 0 Å². The molecule has 2 aliphatic heterocycles. The first kappa shape index (κ1) is 13.1. The lowest BCUT2D eigenvalue weighted by Gasteiger charge is -2.32. The van der Waals surface area contributed by atoms with Gasteiger partial charge in [-0.25, -0.2) is 0 Å². The summed E-state index contributed by atoms with van der Waals surface area (Å²) in [5, 5.41) is 0. The highest BCUT2D eigenvalue weighted by Gasteiger charge is 2.33. The molecular formula is C16H24N2O. The lowest BCUT2D eigenvalue weighted by atomic mass is 10.00. The molecule has 3 unspecified atom stereocenters. The van der Waals surface area contributed by atoms with E-state index in [-0.39, 0.29) is 0 Å². The van der Waals surface area contributed by atoms with Gasteiger partial charge in [0.25, 0.3) is 0 Å². The molecule has 2 bridgehead atoms. The fourth-order valence-electron chi connectivity index (χ4n) is 3.17. The molecule has 3 rings (SSSR count). The number of hydrogen-bond donors (Lipinski definition) is 1. The van der Waals surface area contributed by atoms with Gasteiger partial charge in [-0.2, -0.15) is 0 Å². The summed E-state index contributed by atoms with van der Waals surface area (Å²) in [6.07, 6.45) is 3.45. The van der Waals surface area contributed by atoms with Crippen LogP contribution in [0.2, 0.25) is 0 Å². The Morgan fingerprint density at radius 1 is 1.21 bits per heavy atom. The van der Waals surface area contributed by atoms with Crippen LogP contribution < -0.4 is 5.73 Å². The Kier molecular flexibility index (Phi) is 3.87. The average Bonchev–Trinajstić information content (AvgIpc) is 2.78. The molecule has 3 nitrogen and oxygen atoms in total. The first-order valence-electron chi connectivity index (χ1n) is 7.41. The summed E-state index contributed by atoms with van der Waals surface area (Å²) in [4.78, 5) is 2.53. The number of ether oxygens (including phenoxy) is 1. The lowest BCUT2D eigenvalue weighted by molar-refractivity contribution is -0.0410. The van der Waals surface area contributed by atoms with Crippen LogP contribution in [-0.2, 0) is 11.3 Å². The van der Waals surface area contributed by atoms with Gasteiger partial charge in [0.15, 0.2) is 0 Å². The molecule has 0 aromatic heterocycles. The predicted octanol–water partition coefficient (Wildman–Crippen LogP) is 2.11. The molecule has 2 fully saturated rings. The van der Waals surface area contributed by atoms with Crippen molar-refractivity contribution in [3.05, 3.63) is 35.4 Å². The third-order valence-electron chi connectivity index (χ3n) is 4.43. The Morgan fingerprint density at radius 3 is 2.42 bits per heavy atom. The standard InChI is InChI=1S/C16H24N2O/c1-12(8-17)14-4-2-13(3-5-14)9-18-10-15-6-7-16(11-18)19-15/h2-5,12,15-16H,6-11,17H2,1H3. The zero-order chi connectivity index (χ0) is 13.2. The van der Waals surface area contributed by atoms with E-state index in [0.29, 0.717) is 24.7 Å². The summed E-state index contributed by atoms with van der Waals surface area (Å²) >= 11 is 0. The number of morpholine rings is 1. The zero-order valence-electron chi connectivity index (χ0n) is 11.7. The van der Waals surface area contributed by atoms with Gasteiger partial charge < -0.3 is 10.5 Å². The predicted molar refractivity (Wildman–Crippen MR) is 77.1 cm³/mol. The topological polar surface area (TPSA) is 38.5 Å². The number of hydrogen-bond acceptors (Lipinski definition) is 3. The number of likely N-dealkylation sites (tertiary alicyclic amines) is 1. The minimum Gasteiger partial charge on any atom is -0.372 e. The highest BCUT2D eigenvalue weighted by molar-refractivity contribution is 5.25. The van der Waals surface area contributed by atoms with Gasteiger partial charge in [-0.05, 0) is 36.4 Å². The number of rotatable bonds is 4. The SMILES string of the molecule is CC(CN)c1ccc(CN2CC3CCC(C2)O3)cc1. The van der Waals surface area contributed by atoms with E-state index in [0.717, 1.165) is 19.6 Å². The molecule has 0 amide bonds. The summed E-state index contributed by atoms with van der Waals surface area (Å²) < 4.78 is 5.87. The van der Waals surface area contributed by atoms with Crippen LogP contribution in [0.25, 0.3) is 0 Å². The van der Waals surface area contributed by atoms with Crippen LogP contribution >= 0.6 is 0 Å². The Morgan fingerprint density at radius 2 is 1.84 bits per heavy atom. The molecule has 0 aliphatic carbocycles. The van der Waals surface area contributed by atoms with Gasteiger partial charge in [0.2, 0.25) is 0 Å². The van der Waals surface area contributed by atoms with Gasteiger partial charge in [-0.3, -0.25) is 4.90 Å². The molecule has 19 heavy (non-hydrogen) atoms. The maximum Gasteiger partial charge on any atom is 0.0707 e. The van der Waals surface area contributed by atoms with Crippen molar-refractivity contribution < 1.29 is 4.74 Å². The fraction of sp³-hybridized carbons (Fsp3) is 0.625. The van der Waals surface area contributed by atoms with E-state index in [1.165, 1.54) is 24.0 Å². The quantitative estimate of drug-likeness (QED) is 0.901. The van der Waals surface area contributed by atoms with Gasteiger partial charge in [0.05, 0.1) is 12.2 Å². The average molecular weight is 260 g/mol. The first-order valence-corrected chi connectivity index (χ1v) is 7.41. The van der Waals surface area contributed by atoms with Crippen molar-refractivity contribution in [1.82, 2.24) is 4.90 Å². The Bertz CT molecular complexity index is 405. The van der Waals surface area contributed by atoms with Crippen molar-refractivity contribution in [2.45, 2.75) is 44.4 Å². The smallest absolute Gasteiger partial charge is 0.0707 e. The summed E-state index contributed by atoms with van der Waals surface area (Å²) in [5.41, 5.74) is 8.45. The lowest BCUT2D eigenvalue weighted by Crippen LogP contribution is -2.41. The minimum absolute atomic E-state index is 0.452. The highest BCUT2D eigenvalue weighted by atomic mass is 16.5. The molecule has 1 aromatic rings. The van der Waals surface area contributed by atoms with Crippen LogP contribution in [0.15, 0.2) is 24.3 Å². The van der Waals surface area contributed by atoms with E-state index in [9.17, 15) is 0 Å². The summed E-state index contributed by atoms with van der Waals surface area (Å²) in [5.74, 6) is 0.452. The fourth-order valence-corrected chi connectivity index (χ4v) is 3.17. The van der Waals surface area contributed by atoms with E-state index < -0.39 is 0 Å². The molecule has 2 aliphatic rings. The molecular weight excluding hydrogens is 236 g/mol. The first-order chi connectivity index (χ1) is 9.24. The molecule has 0 radical (unpaired) electrons. The van der Waals surface area contributed by atoms with E-state index >= 15 is 0 Å². The van der Waals surface area contributed by atoms with Crippen LogP contribution in [-0.4, -0.2) is 36.7 Å². The number of fused-ring (bicyclic) bond motifs is 2. The van der Waals surface area contributed by atoms with Crippen molar-refractivity contribution in [3.63, 3.8) is 0 Å². The zero-order valence-corrected chi connectivity index (χ0v) is 11.7. The van der Waals surface area contributed by atoms with E-state index in [1.807, 2.05) is 0 Å². The Labute approximate surface area is 115 Å². The number of nitrogens with zero attached hydrogens (tertiary/aromatic N) is 1. The summed E-state index contributed by atoms with van der Waals surface area (Å²) in [6, 6.07) is 8.95. The molecule has 3 atom stereocenters. The van der Waals surface area contributed by atoms with Gasteiger partial charge in [-0.1, -0.05) is 31.2 Å². The van der Waals surface area contributed by atoms with Crippen LogP contribution in [0.1, 0.15) is 36.8 Å². The van der Waals surface area contributed by atoms with Gasteiger partial charge in [0.1, 0.15) is 0 Å². The normalized spacial score (nSPS) is 28.5. The summed E-state index contributed by atoms with van der Waals surface area (Å²) in [7, 11) is 0. The monoisotopic (exact) mass is 260 g/mol. The maximum atomic E-state index is 5.87. The van der Waals surface area contributed by atoms with E-state index in [2.05, 4.69) is 36.1 Å². The molecule has 2 saturated heterocycles. The molecule has 2 N–H and O–H groups in total. The maximum absolute atomic E-state index is 5.87. The molecule has 2 heterocycles. The molecule has 0 saturated carbocycles. The third kappa shape index (κ3) is 2.99. The van der Waals surface area contributed by atoms with Crippen molar-refractivity contribution >= 4 is 0 Å². The second-order valence-electron chi connectivity index (χ2n) is 6.03. The highest BCUT2D eigenvalue weighted by Crippen LogP contribution is 2.27. The Balaban J connectivity index is 1.60. The molecule has 104 valence electrons. The van der Waals surface area contributed by atoms with Crippen molar-refractivity contribution in [2.75, 3.05) is 19.6 Å². The molecule has 1 aromatic carbocycles. The van der Waals surface area contributed by atoms with Crippen molar-refractivity contribution in [2.24, 2.45) is 5.73 Å². The van der Waals surface area contributed by atoms with Crippen molar-refractivity contribution in [1.29, 1.82) is 0 Å². The second kappa shape index (κ2) is 5.61. The third-order valence-corrected chi connectivity index (χ3v) is 4.43. The molecule has 0 spiro atoms. The van der Waals surface area contributed by atoms with E-state index in [1.54, 1.807) is 0 Å². The Hall–Kier alpha value is -0.900. The van der Waals surface area contributed by atoms with Crippen LogP contribution in [0, 0.1) is 0 Å². The van der Waals surface area contributed by atoms with E-state index in [4.69, 9.17) is 10.5 Å². The second-order valence-corrected chi connectivity index (χ2v) is 6.03. The number of nitrogens with two attached hydrogens (primary N) is 1. The van der Waals surface area contributed by atoms with Gasteiger partial charge in [-0.15, -0.1) is 0 Å². The van der Waals surface area contributed by atoms with Gasteiger partial charge >= 0.3 is 0 Å². The largest absolute Gasteiger partial charge is 0.372 e. The van der Waals surface area contributed by atoms with Crippen LogP contribution in [0.4, 0.5) is 0 Å². The van der Waals surface area contributed by atoms with Crippen LogP contribution in [0.3, 0.4) is 0 Å². The molecule has 3 heteroatoms. The summed E-state index contributed by atoms with van der Waals surface area (Å²) in [6.45, 7) is 6.13.